The maximum absolute atomic E-state index is 12.8. The summed E-state index contributed by atoms with van der Waals surface area (Å²) >= 11 is 6.17. The van der Waals surface area contributed by atoms with Crippen molar-refractivity contribution in [2.75, 3.05) is 28.4 Å². The predicted molar refractivity (Wildman–Crippen MR) is 93.3 cm³/mol. The topological polar surface area (TPSA) is 48.0 Å². The molecular weight excluding hydrogens is 330 g/mol. The first-order valence-electron chi connectivity index (χ1n) is 7.30. The van der Waals surface area contributed by atoms with Crippen LogP contribution in [0.5, 0.6) is 17.2 Å². The quantitative estimate of drug-likeness (QED) is 0.799. The summed E-state index contributed by atoms with van der Waals surface area (Å²) in [5.74, 6) is 1.18. The van der Waals surface area contributed by atoms with E-state index in [0.29, 0.717) is 34.4 Å². The third-order valence-electron chi connectivity index (χ3n) is 3.65. The molecule has 0 aromatic heterocycles. The third-order valence-corrected chi connectivity index (χ3v) is 4.02. The summed E-state index contributed by atoms with van der Waals surface area (Å²) in [5.41, 5.74) is 1.26. The van der Waals surface area contributed by atoms with Crippen molar-refractivity contribution in [3.05, 3.63) is 52.5 Å². The van der Waals surface area contributed by atoms with Gasteiger partial charge in [0.1, 0.15) is 5.75 Å². The van der Waals surface area contributed by atoms with Crippen LogP contribution in [0.25, 0.3) is 0 Å². The molecule has 0 N–H and O–H groups in total. The Bertz CT molecular complexity index is 733. The van der Waals surface area contributed by atoms with Gasteiger partial charge in [-0.05, 0) is 11.6 Å². The van der Waals surface area contributed by atoms with Gasteiger partial charge in [-0.2, -0.15) is 0 Å². The molecule has 0 saturated heterocycles. The predicted octanol–water partition coefficient (Wildman–Crippen LogP) is 3.64. The molecule has 6 heteroatoms. The van der Waals surface area contributed by atoms with Gasteiger partial charge in [-0.15, -0.1) is 0 Å². The Kier molecular flexibility index (Phi) is 5.93. The van der Waals surface area contributed by atoms with Crippen molar-refractivity contribution in [1.82, 2.24) is 4.90 Å². The first kappa shape index (κ1) is 17.9. The first-order chi connectivity index (χ1) is 11.5. The minimum Gasteiger partial charge on any atom is -0.496 e. The van der Waals surface area contributed by atoms with E-state index in [2.05, 4.69) is 0 Å². The van der Waals surface area contributed by atoms with Crippen LogP contribution in [0.3, 0.4) is 0 Å². The zero-order valence-corrected chi connectivity index (χ0v) is 14.9. The Morgan fingerprint density at radius 3 is 2.17 bits per heavy atom. The molecule has 0 unspecified atom stereocenters. The second-order valence-electron chi connectivity index (χ2n) is 5.16. The van der Waals surface area contributed by atoms with Crippen molar-refractivity contribution in [2.24, 2.45) is 0 Å². The van der Waals surface area contributed by atoms with Crippen LogP contribution in [0.2, 0.25) is 5.02 Å². The van der Waals surface area contributed by atoms with Crippen molar-refractivity contribution >= 4 is 17.5 Å². The lowest BCUT2D eigenvalue weighted by Gasteiger charge is -2.20. The molecule has 24 heavy (non-hydrogen) atoms. The molecule has 0 radical (unpaired) electrons. The number of rotatable bonds is 6. The fraction of sp³-hybridized carbons (Fsp3) is 0.278. The largest absolute Gasteiger partial charge is 0.496 e. The molecule has 0 atom stereocenters. The lowest BCUT2D eigenvalue weighted by Crippen LogP contribution is -2.26. The van der Waals surface area contributed by atoms with Crippen LogP contribution in [-0.2, 0) is 6.54 Å². The van der Waals surface area contributed by atoms with Gasteiger partial charge in [0.05, 0.1) is 26.9 Å². The highest BCUT2D eigenvalue weighted by molar-refractivity contribution is 6.31. The van der Waals surface area contributed by atoms with Crippen molar-refractivity contribution in [1.29, 1.82) is 0 Å². The summed E-state index contributed by atoms with van der Waals surface area (Å²) < 4.78 is 15.8. The second kappa shape index (κ2) is 7.93. The van der Waals surface area contributed by atoms with E-state index in [4.69, 9.17) is 25.8 Å². The second-order valence-corrected chi connectivity index (χ2v) is 5.57. The normalized spacial score (nSPS) is 10.2. The van der Waals surface area contributed by atoms with E-state index < -0.39 is 0 Å². The Morgan fingerprint density at radius 2 is 1.58 bits per heavy atom. The van der Waals surface area contributed by atoms with E-state index >= 15 is 0 Å². The lowest BCUT2D eigenvalue weighted by atomic mass is 10.1. The lowest BCUT2D eigenvalue weighted by molar-refractivity contribution is 0.0781. The number of methoxy groups -OCH3 is 3. The smallest absolute Gasteiger partial charge is 0.257 e. The highest BCUT2D eigenvalue weighted by Gasteiger charge is 2.21. The Hall–Kier alpha value is -2.40. The molecule has 0 aliphatic rings. The van der Waals surface area contributed by atoms with Crippen LogP contribution < -0.4 is 14.2 Å². The molecule has 2 rings (SSSR count). The van der Waals surface area contributed by atoms with E-state index in [0.717, 1.165) is 5.56 Å². The average molecular weight is 350 g/mol. The maximum atomic E-state index is 12.8. The van der Waals surface area contributed by atoms with Crippen LogP contribution >= 0.6 is 11.6 Å². The summed E-state index contributed by atoms with van der Waals surface area (Å²) in [6.07, 6.45) is 0. The monoisotopic (exact) mass is 349 g/mol. The molecule has 5 nitrogen and oxygen atoms in total. The molecule has 0 fully saturated rings. The van der Waals surface area contributed by atoms with Crippen molar-refractivity contribution in [3.8, 4) is 17.2 Å². The van der Waals surface area contributed by atoms with Crippen molar-refractivity contribution in [2.45, 2.75) is 6.54 Å². The third kappa shape index (κ3) is 3.74. The van der Waals surface area contributed by atoms with Crippen LogP contribution in [0.4, 0.5) is 0 Å². The van der Waals surface area contributed by atoms with Gasteiger partial charge in [-0.1, -0.05) is 29.8 Å². The van der Waals surface area contributed by atoms with Crippen molar-refractivity contribution < 1.29 is 19.0 Å². The van der Waals surface area contributed by atoms with Crippen LogP contribution in [0.15, 0.2) is 36.4 Å². The number of nitrogens with zero attached hydrogens (tertiary/aromatic N) is 1. The number of benzene rings is 2. The Morgan fingerprint density at radius 1 is 1.00 bits per heavy atom. The highest BCUT2D eigenvalue weighted by atomic mass is 35.5. The van der Waals surface area contributed by atoms with E-state index in [1.807, 2.05) is 18.2 Å². The molecule has 0 heterocycles. The maximum Gasteiger partial charge on any atom is 0.257 e. The zero-order valence-electron chi connectivity index (χ0n) is 14.1. The molecule has 0 aliphatic carbocycles. The van der Waals surface area contributed by atoms with Crippen molar-refractivity contribution in [3.63, 3.8) is 0 Å². The summed E-state index contributed by atoms with van der Waals surface area (Å²) in [6, 6.07) is 10.7. The fourth-order valence-corrected chi connectivity index (χ4v) is 2.55. The van der Waals surface area contributed by atoms with Gasteiger partial charge in [-0.25, -0.2) is 0 Å². The van der Waals surface area contributed by atoms with Gasteiger partial charge in [0.2, 0.25) is 0 Å². The Labute approximate surface area is 146 Å². The molecule has 2 aromatic carbocycles. The summed E-state index contributed by atoms with van der Waals surface area (Å²) in [7, 11) is 6.27. The standard InChI is InChI=1S/C18H20ClNO4/c1-20(11-12-7-5-6-8-14(12)19)18(21)13-9-16(23-3)17(24-4)10-15(13)22-2/h5-10H,11H2,1-4H3. The molecule has 1 amide bonds. The minimum absolute atomic E-state index is 0.201. The molecule has 0 bridgehead atoms. The van der Waals surface area contributed by atoms with Gasteiger partial charge in [0.25, 0.3) is 5.91 Å². The summed E-state index contributed by atoms with van der Waals surface area (Å²) in [4.78, 5) is 14.4. The molecule has 0 aliphatic heterocycles. The number of hydrogen-bond donors (Lipinski definition) is 0. The molecule has 0 spiro atoms. The van der Waals surface area contributed by atoms with Gasteiger partial charge < -0.3 is 19.1 Å². The summed E-state index contributed by atoms with van der Waals surface area (Å²) in [6.45, 7) is 0.385. The SMILES string of the molecule is COc1cc(OC)c(C(=O)N(C)Cc2ccccc2Cl)cc1OC. The first-order valence-corrected chi connectivity index (χ1v) is 7.68. The van der Waals surface area contributed by atoms with E-state index in [-0.39, 0.29) is 5.91 Å². The van der Waals surface area contributed by atoms with Gasteiger partial charge in [-0.3, -0.25) is 4.79 Å². The number of carbonyl (C=O) groups is 1. The average Bonchev–Trinajstić information content (AvgIpc) is 2.61. The molecular formula is C18H20ClNO4. The van der Waals surface area contributed by atoms with Gasteiger partial charge in [0, 0.05) is 30.7 Å². The van der Waals surface area contributed by atoms with Crippen LogP contribution in [0.1, 0.15) is 15.9 Å². The number of ether oxygens (including phenoxy) is 3. The summed E-state index contributed by atoms with van der Waals surface area (Å²) in [5, 5.41) is 0.622. The van der Waals surface area contributed by atoms with Gasteiger partial charge >= 0.3 is 0 Å². The van der Waals surface area contributed by atoms with E-state index in [1.165, 1.54) is 21.3 Å². The zero-order chi connectivity index (χ0) is 17.7. The van der Waals surface area contributed by atoms with Crippen LogP contribution in [0, 0.1) is 0 Å². The highest BCUT2D eigenvalue weighted by Crippen LogP contribution is 2.35. The number of hydrogen-bond acceptors (Lipinski definition) is 4. The fourth-order valence-electron chi connectivity index (χ4n) is 2.36. The number of carbonyl (C=O) groups excluding carboxylic acids is 1. The van der Waals surface area contributed by atoms with E-state index in [1.54, 1.807) is 30.1 Å². The number of amides is 1. The number of halogens is 1. The molecule has 2 aromatic rings. The molecule has 128 valence electrons. The van der Waals surface area contributed by atoms with Crippen LogP contribution in [-0.4, -0.2) is 39.2 Å². The Balaban J connectivity index is 2.32. The minimum atomic E-state index is -0.201. The molecule has 0 saturated carbocycles. The van der Waals surface area contributed by atoms with Gasteiger partial charge in [0.15, 0.2) is 11.5 Å². The van der Waals surface area contributed by atoms with E-state index in [9.17, 15) is 4.79 Å².